The summed E-state index contributed by atoms with van der Waals surface area (Å²) in [5, 5.41) is 0. The Morgan fingerprint density at radius 2 is 2.31 bits per heavy atom. The van der Waals surface area contributed by atoms with Gasteiger partial charge in [0.15, 0.2) is 0 Å². The van der Waals surface area contributed by atoms with E-state index in [0.29, 0.717) is 5.82 Å². The smallest absolute Gasteiger partial charge is 0.267 e. The van der Waals surface area contributed by atoms with Crippen LogP contribution in [-0.2, 0) is 6.42 Å². The van der Waals surface area contributed by atoms with Crippen LogP contribution in [0.1, 0.15) is 23.2 Å². The molecule has 0 saturated heterocycles. The van der Waals surface area contributed by atoms with Crippen LogP contribution < -0.4 is 5.73 Å². The Bertz CT molecular complexity index is 518. The van der Waals surface area contributed by atoms with Crippen LogP contribution in [0, 0.1) is 0 Å². The maximum atomic E-state index is 11.0. The Balaban J connectivity index is 2.48. The van der Waals surface area contributed by atoms with Gasteiger partial charge in [0.25, 0.3) is 5.91 Å². The predicted octanol–water partition coefficient (Wildman–Crippen LogP) is 0.929. The molecule has 1 amide bonds. The molecule has 0 bridgehead atoms. The minimum atomic E-state index is -0.528. The number of primary amides is 1. The Morgan fingerprint density at radius 3 is 3.00 bits per heavy atom. The molecule has 0 aliphatic rings. The van der Waals surface area contributed by atoms with Gasteiger partial charge in [-0.2, -0.15) is 0 Å². The third-order valence-corrected chi connectivity index (χ3v) is 2.27. The zero-order valence-electron chi connectivity index (χ0n) is 8.92. The van der Waals surface area contributed by atoms with Gasteiger partial charge < -0.3 is 5.73 Å². The maximum absolute atomic E-state index is 11.0. The molecule has 82 valence electrons. The summed E-state index contributed by atoms with van der Waals surface area (Å²) in [5.41, 5.74) is 5.44. The van der Waals surface area contributed by atoms with Crippen LogP contribution in [0.15, 0.2) is 30.6 Å². The Morgan fingerprint density at radius 1 is 1.50 bits per heavy atom. The number of pyridine rings is 1. The predicted molar refractivity (Wildman–Crippen MR) is 59.3 cm³/mol. The lowest BCUT2D eigenvalue weighted by Gasteiger charge is -2.05. The average Bonchev–Trinajstić information content (AvgIpc) is 2.77. The summed E-state index contributed by atoms with van der Waals surface area (Å²) < 4.78 is 1.84. The largest absolute Gasteiger partial charge is 0.364 e. The second-order valence-electron chi connectivity index (χ2n) is 3.31. The summed E-state index contributed by atoms with van der Waals surface area (Å²) in [7, 11) is 0. The Kier molecular flexibility index (Phi) is 2.68. The van der Waals surface area contributed by atoms with Gasteiger partial charge in [-0.1, -0.05) is 13.0 Å². The highest BCUT2D eigenvalue weighted by atomic mass is 16.1. The molecule has 0 radical (unpaired) electrons. The standard InChI is InChI=1S/C11H12N4O/c1-2-9-13-6-7-15(9)10-5-3-4-8(14-10)11(12)16/h3-7H,2H2,1H3,(H2,12,16). The van der Waals surface area contributed by atoms with Crippen molar-refractivity contribution in [3.05, 3.63) is 42.1 Å². The second-order valence-corrected chi connectivity index (χ2v) is 3.31. The Hall–Kier alpha value is -2.17. The fraction of sp³-hybridized carbons (Fsp3) is 0.182. The van der Waals surface area contributed by atoms with Crippen LogP contribution in [0.25, 0.3) is 5.82 Å². The van der Waals surface area contributed by atoms with E-state index in [1.54, 1.807) is 18.3 Å². The maximum Gasteiger partial charge on any atom is 0.267 e. The third-order valence-electron chi connectivity index (χ3n) is 2.27. The normalized spacial score (nSPS) is 10.3. The summed E-state index contributed by atoms with van der Waals surface area (Å²) >= 11 is 0. The van der Waals surface area contributed by atoms with Crippen LogP contribution in [-0.4, -0.2) is 20.4 Å². The summed E-state index contributed by atoms with van der Waals surface area (Å²) in [4.78, 5) is 19.4. The van der Waals surface area contributed by atoms with E-state index in [-0.39, 0.29) is 5.69 Å². The van der Waals surface area contributed by atoms with Crippen LogP contribution in [0.3, 0.4) is 0 Å². The third kappa shape index (κ3) is 1.79. The molecule has 0 aliphatic carbocycles. The number of amides is 1. The molecule has 5 nitrogen and oxygen atoms in total. The molecule has 5 heteroatoms. The highest BCUT2D eigenvalue weighted by Crippen LogP contribution is 2.09. The van der Waals surface area contributed by atoms with E-state index in [1.165, 1.54) is 0 Å². The number of imidazole rings is 1. The molecule has 16 heavy (non-hydrogen) atoms. The summed E-state index contributed by atoms with van der Waals surface area (Å²) in [6, 6.07) is 5.16. The molecule has 2 aromatic heterocycles. The van der Waals surface area contributed by atoms with E-state index in [9.17, 15) is 4.79 Å². The molecule has 0 saturated carbocycles. The van der Waals surface area contributed by atoms with E-state index in [4.69, 9.17) is 5.73 Å². The first-order valence-electron chi connectivity index (χ1n) is 5.02. The molecule has 2 heterocycles. The number of nitrogens with two attached hydrogens (primary N) is 1. The Labute approximate surface area is 92.9 Å². The first-order chi connectivity index (χ1) is 7.72. The van der Waals surface area contributed by atoms with Gasteiger partial charge in [0.2, 0.25) is 0 Å². The number of aryl methyl sites for hydroxylation is 1. The van der Waals surface area contributed by atoms with Crippen molar-refractivity contribution < 1.29 is 4.79 Å². The fourth-order valence-electron chi connectivity index (χ4n) is 1.50. The minimum Gasteiger partial charge on any atom is -0.364 e. The number of aromatic nitrogens is 3. The van der Waals surface area contributed by atoms with E-state index in [1.807, 2.05) is 23.8 Å². The van der Waals surface area contributed by atoms with Crippen molar-refractivity contribution in [1.29, 1.82) is 0 Å². The number of hydrogen-bond acceptors (Lipinski definition) is 3. The monoisotopic (exact) mass is 216 g/mol. The molecule has 0 fully saturated rings. The highest BCUT2D eigenvalue weighted by molar-refractivity contribution is 5.90. The molecule has 2 aromatic rings. The summed E-state index contributed by atoms with van der Waals surface area (Å²) in [5.74, 6) is 1.03. The van der Waals surface area contributed by atoms with Gasteiger partial charge in [-0.25, -0.2) is 9.97 Å². The van der Waals surface area contributed by atoms with E-state index in [2.05, 4.69) is 9.97 Å². The zero-order valence-corrected chi connectivity index (χ0v) is 8.92. The van der Waals surface area contributed by atoms with Gasteiger partial charge in [0, 0.05) is 18.8 Å². The lowest BCUT2D eigenvalue weighted by molar-refractivity contribution is 0.0995. The van der Waals surface area contributed by atoms with Crippen molar-refractivity contribution in [3.8, 4) is 5.82 Å². The quantitative estimate of drug-likeness (QED) is 0.829. The van der Waals surface area contributed by atoms with Gasteiger partial charge >= 0.3 is 0 Å². The van der Waals surface area contributed by atoms with Crippen molar-refractivity contribution in [2.45, 2.75) is 13.3 Å². The number of nitrogens with zero attached hydrogens (tertiary/aromatic N) is 3. The van der Waals surface area contributed by atoms with Gasteiger partial charge in [-0.05, 0) is 12.1 Å². The van der Waals surface area contributed by atoms with Crippen molar-refractivity contribution in [2.24, 2.45) is 5.73 Å². The zero-order chi connectivity index (χ0) is 11.5. The van der Waals surface area contributed by atoms with Crippen molar-refractivity contribution in [1.82, 2.24) is 14.5 Å². The van der Waals surface area contributed by atoms with Crippen molar-refractivity contribution in [3.63, 3.8) is 0 Å². The molecule has 0 aromatic carbocycles. The van der Waals surface area contributed by atoms with Crippen molar-refractivity contribution in [2.75, 3.05) is 0 Å². The fourth-order valence-corrected chi connectivity index (χ4v) is 1.50. The molecule has 2 rings (SSSR count). The van der Waals surface area contributed by atoms with Crippen LogP contribution >= 0.6 is 0 Å². The van der Waals surface area contributed by atoms with Crippen molar-refractivity contribution >= 4 is 5.91 Å². The van der Waals surface area contributed by atoms with E-state index < -0.39 is 5.91 Å². The molecule has 0 spiro atoms. The molecule has 0 unspecified atom stereocenters. The van der Waals surface area contributed by atoms with Gasteiger partial charge in [0.05, 0.1) is 0 Å². The summed E-state index contributed by atoms with van der Waals surface area (Å²) in [6.45, 7) is 2.01. The number of carbonyl (C=O) groups excluding carboxylic acids is 1. The minimum absolute atomic E-state index is 0.258. The van der Waals surface area contributed by atoms with E-state index in [0.717, 1.165) is 12.2 Å². The number of hydrogen-bond donors (Lipinski definition) is 1. The molecular weight excluding hydrogens is 204 g/mol. The molecule has 0 atom stereocenters. The topological polar surface area (TPSA) is 73.8 Å². The SMILES string of the molecule is CCc1nccn1-c1cccc(C(N)=O)n1. The lowest BCUT2D eigenvalue weighted by Crippen LogP contribution is -2.14. The first-order valence-corrected chi connectivity index (χ1v) is 5.02. The lowest BCUT2D eigenvalue weighted by atomic mass is 10.3. The number of rotatable bonds is 3. The second kappa shape index (κ2) is 4.14. The van der Waals surface area contributed by atoms with E-state index >= 15 is 0 Å². The van der Waals surface area contributed by atoms with Gasteiger partial charge in [-0.15, -0.1) is 0 Å². The van der Waals surface area contributed by atoms with Crippen LogP contribution in [0.2, 0.25) is 0 Å². The summed E-state index contributed by atoms with van der Waals surface area (Å²) in [6.07, 6.45) is 4.32. The van der Waals surface area contributed by atoms with Gasteiger partial charge in [-0.3, -0.25) is 9.36 Å². The average molecular weight is 216 g/mol. The highest BCUT2D eigenvalue weighted by Gasteiger charge is 2.07. The molecule has 0 aliphatic heterocycles. The van der Waals surface area contributed by atoms with Gasteiger partial charge in [0.1, 0.15) is 17.3 Å². The first kappa shape index (κ1) is 10.4. The van der Waals surface area contributed by atoms with Crippen LogP contribution in [0.4, 0.5) is 0 Å². The van der Waals surface area contributed by atoms with Crippen LogP contribution in [0.5, 0.6) is 0 Å². The number of carbonyl (C=O) groups is 1. The molecule has 2 N–H and O–H groups in total. The molecular formula is C11H12N4O.